The van der Waals surface area contributed by atoms with Crippen LogP contribution in [0.1, 0.15) is 11.1 Å². The molecule has 0 heterocycles. The molecule has 0 amide bonds. The minimum absolute atomic E-state index is 0.0859. The lowest BCUT2D eigenvalue weighted by molar-refractivity contribution is -0.137. The van der Waals surface area contributed by atoms with Crippen LogP contribution in [-0.4, -0.2) is 39.0 Å². The molecule has 9 heteroatoms. The normalized spacial score (nSPS) is 12.2. The third kappa shape index (κ3) is 5.16. The van der Waals surface area contributed by atoms with E-state index in [-0.39, 0.29) is 28.5 Å². The van der Waals surface area contributed by atoms with Crippen LogP contribution in [0.2, 0.25) is 0 Å². The maximum absolute atomic E-state index is 13.0. The van der Waals surface area contributed by atoms with Crippen molar-refractivity contribution < 1.29 is 21.6 Å². The minimum Gasteiger partial charge on any atom is -0.389 e. The molecular formula is C12H15F3N2O2S2. The van der Waals surface area contributed by atoms with E-state index in [0.717, 1.165) is 12.3 Å². The van der Waals surface area contributed by atoms with Gasteiger partial charge in [0.25, 0.3) is 0 Å². The van der Waals surface area contributed by atoms with Gasteiger partial charge in [-0.3, -0.25) is 0 Å². The molecule has 0 atom stereocenters. The Bertz CT molecular complexity index is 642. The zero-order valence-electron chi connectivity index (χ0n) is 11.4. The van der Waals surface area contributed by atoms with E-state index in [4.69, 9.17) is 5.73 Å². The van der Waals surface area contributed by atoms with Crippen LogP contribution < -0.4 is 10.6 Å². The summed E-state index contributed by atoms with van der Waals surface area (Å²) in [6.07, 6.45) is -3.52. The highest BCUT2D eigenvalue weighted by Crippen LogP contribution is 2.34. The first-order chi connectivity index (χ1) is 9.42. The first-order valence-electron chi connectivity index (χ1n) is 5.82. The number of alkyl halides is 3. The number of hydrogen-bond donors (Lipinski definition) is 1. The van der Waals surface area contributed by atoms with Gasteiger partial charge < -0.3 is 10.6 Å². The summed E-state index contributed by atoms with van der Waals surface area (Å²) >= 11 is 4.61. The van der Waals surface area contributed by atoms with Crippen LogP contribution in [0.3, 0.4) is 0 Å². The van der Waals surface area contributed by atoms with Crippen molar-refractivity contribution in [3.05, 3.63) is 29.3 Å². The van der Waals surface area contributed by atoms with E-state index in [1.807, 2.05) is 0 Å². The van der Waals surface area contributed by atoms with Crippen molar-refractivity contribution in [1.82, 2.24) is 0 Å². The molecule has 1 aromatic carbocycles. The molecule has 4 nitrogen and oxygen atoms in total. The summed E-state index contributed by atoms with van der Waals surface area (Å²) in [5.74, 6) is -0.151. The average Bonchev–Trinajstić information content (AvgIpc) is 2.33. The fourth-order valence-corrected chi connectivity index (χ4v) is 2.43. The van der Waals surface area contributed by atoms with Gasteiger partial charge in [0, 0.05) is 31.1 Å². The fraction of sp³-hybridized carbons (Fsp3) is 0.417. The quantitative estimate of drug-likeness (QED) is 0.829. The summed E-state index contributed by atoms with van der Waals surface area (Å²) in [4.78, 5) is 1.09. The number of hydrogen-bond acceptors (Lipinski definition) is 4. The Morgan fingerprint density at radius 1 is 1.38 bits per heavy atom. The number of thiocarbonyl (C=S) groups is 1. The smallest absolute Gasteiger partial charge is 0.389 e. The van der Waals surface area contributed by atoms with E-state index in [2.05, 4.69) is 12.2 Å². The molecule has 0 spiro atoms. The summed E-state index contributed by atoms with van der Waals surface area (Å²) < 4.78 is 61.2. The summed E-state index contributed by atoms with van der Waals surface area (Å²) in [5, 5.41) is 0. The maximum Gasteiger partial charge on any atom is 0.417 e. The third-order valence-corrected chi connectivity index (χ3v) is 3.96. The number of nitrogens with zero attached hydrogens (tertiary/aromatic N) is 1. The standard InChI is InChI=1S/C12H15F3N2O2S2/c1-17(5-6-21(2,18)19)8-3-4-9(11(16)20)10(7-8)12(13,14)15/h3-4,7H,5-6H2,1-2H3,(H2,16,20). The predicted octanol–water partition coefficient (Wildman–Crippen LogP) is 1.82. The highest BCUT2D eigenvalue weighted by atomic mass is 32.2. The van der Waals surface area contributed by atoms with Gasteiger partial charge in [0.1, 0.15) is 14.8 Å². The van der Waals surface area contributed by atoms with Gasteiger partial charge in [-0.15, -0.1) is 0 Å². The molecule has 0 aliphatic heterocycles. The largest absolute Gasteiger partial charge is 0.417 e. The van der Waals surface area contributed by atoms with Crippen LogP contribution >= 0.6 is 12.2 Å². The molecule has 2 N–H and O–H groups in total. The highest BCUT2D eigenvalue weighted by molar-refractivity contribution is 7.90. The van der Waals surface area contributed by atoms with Gasteiger partial charge in [-0.1, -0.05) is 12.2 Å². The van der Waals surface area contributed by atoms with Gasteiger partial charge in [0.05, 0.1) is 11.3 Å². The molecule has 0 unspecified atom stereocenters. The van der Waals surface area contributed by atoms with E-state index in [1.54, 1.807) is 0 Å². The van der Waals surface area contributed by atoms with E-state index in [9.17, 15) is 21.6 Å². The lowest BCUT2D eigenvalue weighted by Gasteiger charge is -2.21. The SMILES string of the molecule is CN(CCS(C)(=O)=O)c1ccc(C(N)=S)c(C(F)(F)F)c1. The molecule has 0 radical (unpaired) electrons. The number of anilines is 1. The van der Waals surface area contributed by atoms with E-state index in [0.29, 0.717) is 0 Å². The third-order valence-electron chi connectivity index (χ3n) is 2.81. The first kappa shape index (κ1) is 17.7. The monoisotopic (exact) mass is 340 g/mol. The Morgan fingerprint density at radius 2 is 1.95 bits per heavy atom. The van der Waals surface area contributed by atoms with E-state index >= 15 is 0 Å². The van der Waals surface area contributed by atoms with Crippen LogP contribution in [0, 0.1) is 0 Å². The molecule has 1 aromatic rings. The Balaban J connectivity index is 3.14. The predicted molar refractivity (Wildman–Crippen MR) is 80.3 cm³/mol. The Hall–Kier alpha value is -1.35. The first-order valence-corrected chi connectivity index (χ1v) is 8.28. The molecule has 21 heavy (non-hydrogen) atoms. The topological polar surface area (TPSA) is 63.4 Å². The molecule has 0 fully saturated rings. The maximum atomic E-state index is 13.0. The van der Waals surface area contributed by atoms with Crippen LogP contribution in [0.5, 0.6) is 0 Å². The Morgan fingerprint density at radius 3 is 2.38 bits per heavy atom. The zero-order chi connectivity index (χ0) is 16.4. The van der Waals surface area contributed by atoms with Gasteiger partial charge >= 0.3 is 6.18 Å². The number of sulfone groups is 1. The fourth-order valence-electron chi connectivity index (χ4n) is 1.65. The molecule has 0 bridgehead atoms. The van der Waals surface area contributed by atoms with Crippen LogP contribution in [0.15, 0.2) is 18.2 Å². The summed E-state index contributed by atoms with van der Waals surface area (Å²) in [6, 6.07) is 3.53. The van der Waals surface area contributed by atoms with Gasteiger partial charge in [0.15, 0.2) is 0 Å². The molecular weight excluding hydrogens is 325 g/mol. The lowest BCUT2D eigenvalue weighted by atomic mass is 10.1. The van der Waals surface area contributed by atoms with Gasteiger partial charge in [-0.2, -0.15) is 13.2 Å². The second-order valence-corrected chi connectivity index (χ2v) is 7.34. The van der Waals surface area contributed by atoms with Crippen LogP contribution in [0.25, 0.3) is 0 Å². The second kappa shape index (κ2) is 6.18. The number of benzene rings is 1. The van der Waals surface area contributed by atoms with Crippen molar-refractivity contribution in [2.45, 2.75) is 6.18 Å². The summed E-state index contributed by atoms with van der Waals surface area (Å²) in [6.45, 7) is 0.0859. The van der Waals surface area contributed by atoms with Crippen molar-refractivity contribution in [3.8, 4) is 0 Å². The molecule has 118 valence electrons. The lowest BCUT2D eigenvalue weighted by Crippen LogP contribution is -2.26. The summed E-state index contributed by atoms with van der Waals surface area (Å²) in [7, 11) is -1.68. The number of halogens is 3. The minimum atomic E-state index is -4.59. The Kier molecular flexibility index (Phi) is 5.21. The van der Waals surface area contributed by atoms with E-state index < -0.39 is 21.6 Å². The van der Waals surface area contributed by atoms with Gasteiger partial charge in [0.2, 0.25) is 0 Å². The second-order valence-electron chi connectivity index (χ2n) is 4.64. The zero-order valence-corrected chi connectivity index (χ0v) is 13.1. The van der Waals surface area contributed by atoms with Crippen molar-refractivity contribution >= 4 is 32.7 Å². The molecule has 0 aliphatic carbocycles. The van der Waals surface area contributed by atoms with Gasteiger partial charge in [-0.05, 0) is 18.2 Å². The van der Waals surface area contributed by atoms with Crippen molar-refractivity contribution in [2.75, 3.05) is 30.5 Å². The van der Waals surface area contributed by atoms with Crippen LogP contribution in [0.4, 0.5) is 18.9 Å². The van der Waals surface area contributed by atoms with Crippen molar-refractivity contribution in [3.63, 3.8) is 0 Å². The van der Waals surface area contributed by atoms with E-state index in [1.165, 1.54) is 24.1 Å². The molecule has 0 saturated heterocycles. The van der Waals surface area contributed by atoms with Crippen molar-refractivity contribution in [2.24, 2.45) is 5.73 Å². The van der Waals surface area contributed by atoms with Gasteiger partial charge in [-0.25, -0.2) is 8.42 Å². The molecule has 1 rings (SSSR count). The number of nitrogens with two attached hydrogens (primary N) is 1. The summed E-state index contributed by atoms with van der Waals surface area (Å²) in [5.41, 5.74) is 4.35. The number of rotatable bonds is 5. The Labute approximate surface area is 126 Å². The highest BCUT2D eigenvalue weighted by Gasteiger charge is 2.34. The van der Waals surface area contributed by atoms with Crippen LogP contribution in [-0.2, 0) is 16.0 Å². The molecule has 0 saturated carbocycles. The molecule has 0 aromatic heterocycles. The van der Waals surface area contributed by atoms with Crippen molar-refractivity contribution in [1.29, 1.82) is 0 Å². The average molecular weight is 340 g/mol. The molecule has 0 aliphatic rings.